The minimum absolute atomic E-state index is 0.0582. The van der Waals surface area contributed by atoms with Gasteiger partial charge in [-0.1, -0.05) is 29.8 Å². The van der Waals surface area contributed by atoms with Crippen LogP contribution in [0.15, 0.2) is 66.9 Å². The number of ether oxygens (including phenoxy) is 2. The van der Waals surface area contributed by atoms with Crippen LogP contribution in [0.25, 0.3) is 10.9 Å². The fourth-order valence-corrected chi connectivity index (χ4v) is 4.97. The SMILES string of the molecule is CNC(=O)c1cc2c(Oc3ccc(CC(=O)C4(C(=O)Cc5ccc(F)cc5)CC4)cc3Cl)ccnc2cc1OC. The lowest BCUT2D eigenvalue weighted by atomic mass is 9.88. The van der Waals surface area contributed by atoms with E-state index in [1.54, 1.807) is 54.7 Å². The Morgan fingerprint density at radius 3 is 2.23 bits per heavy atom. The van der Waals surface area contributed by atoms with E-state index in [-0.39, 0.29) is 41.2 Å². The van der Waals surface area contributed by atoms with E-state index in [1.165, 1.54) is 26.3 Å². The van der Waals surface area contributed by atoms with Crippen molar-refractivity contribution in [2.75, 3.05) is 14.2 Å². The summed E-state index contributed by atoms with van der Waals surface area (Å²) in [5.41, 5.74) is 1.25. The fourth-order valence-electron chi connectivity index (χ4n) is 4.72. The van der Waals surface area contributed by atoms with Crippen LogP contribution in [0.4, 0.5) is 4.39 Å². The summed E-state index contributed by atoms with van der Waals surface area (Å²) in [6.45, 7) is 0. The van der Waals surface area contributed by atoms with Crippen LogP contribution in [-0.4, -0.2) is 36.6 Å². The molecule has 0 saturated heterocycles. The van der Waals surface area contributed by atoms with Crippen LogP contribution in [0.1, 0.15) is 34.3 Å². The number of halogens is 2. The third-order valence-electron chi connectivity index (χ3n) is 7.17. The van der Waals surface area contributed by atoms with E-state index in [0.717, 1.165) is 0 Å². The number of hydrogen-bond acceptors (Lipinski definition) is 6. The molecule has 0 atom stereocenters. The molecule has 3 aromatic carbocycles. The van der Waals surface area contributed by atoms with Crippen molar-refractivity contribution in [2.24, 2.45) is 5.41 Å². The molecule has 0 radical (unpaired) electrons. The maximum absolute atomic E-state index is 13.2. The van der Waals surface area contributed by atoms with Gasteiger partial charge in [0, 0.05) is 37.5 Å². The maximum Gasteiger partial charge on any atom is 0.254 e. The van der Waals surface area contributed by atoms with Gasteiger partial charge in [0.15, 0.2) is 11.6 Å². The summed E-state index contributed by atoms with van der Waals surface area (Å²) in [4.78, 5) is 42.9. The Bertz CT molecular complexity index is 1630. The van der Waals surface area contributed by atoms with E-state index < -0.39 is 5.41 Å². The smallest absolute Gasteiger partial charge is 0.254 e. The van der Waals surface area contributed by atoms with Crippen LogP contribution in [0, 0.1) is 11.2 Å². The number of hydrogen-bond donors (Lipinski definition) is 1. The Morgan fingerprint density at radius 2 is 1.60 bits per heavy atom. The molecule has 0 spiro atoms. The zero-order chi connectivity index (χ0) is 28.4. The highest BCUT2D eigenvalue weighted by molar-refractivity contribution is 6.32. The van der Waals surface area contributed by atoms with Gasteiger partial charge in [0.2, 0.25) is 0 Å². The lowest BCUT2D eigenvalue weighted by Gasteiger charge is -2.15. The molecule has 1 fully saturated rings. The Balaban J connectivity index is 1.33. The summed E-state index contributed by atoms with van der Waals surface area (Å²) in [7, 11) is 3.01. The Hall–Kier alpha value is -4.30. The molecule has 1 saturated carbocycles. The molecule has 40 heavy (non-hydrogen) atoms. The van der Waals surface area contributed by atoms with Crippen LogP contribution in [0.3, 0.4) is 0 Å². The number of nitrogens with zero attached hydrogens (tertiary/aromatic N) is 1. The standard InChI is InChI=1S/C31H26ClFN2O5/c1-34-30(38)22-16-21-24(17-27(22)39-2)35-12-9-25(21)40-26-8-5-19(13-23(26)32)15-29(37)31(10-11-31)28(36)14-18-3-6-20(33)7-4-18/h3-9,12-13,16-17H,10-11,14-15H2,1-2H3,(H,34,38). The molecule has 0 aliphatic heterocycles. The van der Waals surface area contributed by atoms with Crippen molar-refractivity contribution in [1.82, 2.24) is 10.3 Å². The number of carbonyl (C=O) groups excluding carboxylic acids is 3. The third kappa shape index (κ3) is 5.40. The van der Waals surface area contributed by atoms with Crippen molar-refractivity contribution in [3.05, 3.63) is 94.4 Å². The molecular formula is C31H26ClFN2O5. The van der Waals surface area contributed by atoms with E-state index in [1.807, 2.05) is 0 Å². The molecule has 9 heteroatoms. The summed E-state index contributed by atoms with van der Waals surface area (Å²) in [6.07, 6.45) is 2.75. The predicted octanol–water partition coefficient (Wildman–Crippen LogP) is 5.89. The first-order valence-electron chi connectivity index (χ1n) is 12.7. The normalized spacial score (nSPS) is 13.5. The molecule has 1 amide bonds. The lowest BCUT2D eigenvalue weighted by molar-refractivity contribution is -0.133. The Morgan fingerprint density at radius 1 is 0.925 bits per heavy atom. The summed E-state index contributed by atoms with van der Waals surface area (Å²) >= 11 is 6.54. The topological polar surface area (TPSA) is 94.6 Å². The molecule has 7 nitrogen and oxygen atoms in total. The van der Waals surface area contributed by atoms with E-state index in [4.69, 9.17) is 21.1 Å². The molecule has 1 N–H and O–H groups in total. The molecule has 204 valence electrons. The number of nitrogens with one attached hydrogen (secondary N) is 1. The van der Waals surface area contributed by atoms with E-state index in [2.05, 4.69) is 10.3 Å². The van der Waals surface area contributed by atoms with Gasteiger partial charge in [0.05, 0.1) is 28.6 Å². The zero-order valence-corrected chi connectivity index (χ0v) is 22.7. The molecule has 1 aliphatic carbocycles. The molecule has 1 aromatic heterocycles. The number of pyridine rings is 1. The highest BCUT2D eigenvalue weighted by atomic mass is 35.5. The van der Waals surface area contributed by atoms with Gasteiger partial charge in [-0.2, -0.15) is 0 Å². The second-order valence-corrected chi connectivity index (χ2v) is 10.1. The van der Waals surface area contributed by atoms with Crippen molar-refractivity contribution >= 4 is 40.0 Å². The molecule has 0 bridgehead atoms. The van der Waals surface area contributed by atoms with E-state index >= 15 is 0 Å². The number of aromatic nitrogens is 1. The molecule has 4 aromatic rings. The van der Waals surface area contributed by atoms with Gasteiger partial charge in [0.1, 0.15) is 23.1 Å². The zero-order valence-electron chi connectivity index (χ0n) is 21.9. The number of ketones is 2. The molecule has 0 unspecified atom stereocenters. The van der Waals surface area contributed by atoms with Gasteiger partial charge < -0.3 is 14.8 Å². The number of Topliss-reactive ketones (excluding diaryl/α,β-unsaturated/α-hetero) is 2. The Kier molecular flexibility index (Phi) is 7.54. The van der Waals surface area contributed by atoms with Crippen molar-refractivity contribution in [3.8, 4) is 17.2 Å². The number of methoxy groups -OCH3 is 1. The van der Waals surface area contributed by atoms with Crippen molar-refractivity contribution in [3.63, 3.8) is 0 Å². The van der Waals surface area contributed by atoms with Crippen LogP contribution < -0.4 is 14.8 Å². The van der Waals surface area contributed by atoms with Gasteiger partial charge in [-0.05, 0) is 60.4 Å². The fraction of sp³-hybridized carbons (Fsp3) is 0.226. The van der Waals surface area contributed by atoms with Crippen LogP contribution in [0.2, 0.25) is 5.02 Å². The maximum atomic E-state index is 13.2. The van der Waals surface area contributed by atoms with Crippen LogP contribution >= 0.6 is 11.6 Å². The van der Waals surface area contributed by atoms with Crippen molar-refractivity contribution in [1.29, 1.82) is 0 Å². The number of benzene rings is 3. The summed E-state index contributed by atoms with van der Waals surface area (Å²) in [5.74, 6) is 0.192. The Labute approximate surface area is 235 Å². The predicted molar refractivity (Wildman–Crippen MR) is 149 cm³/mol. The van der Waals surface area contributed by atoms with Gasteiger partial charge in [-0.15, -0.1) is 0 Å². The van der Waals surface area contributed by atoms with Crippen molar-refractivity contribution < 1.29 is 28.2 Å². The number of carbonyl (C=O) groups is 3. The van der Waals surface area contributed by atoms with Crippen LogP contribution in [-0.2, 0) is 22.4 Å². The number of rotatable bonds is 10. The van der Waals surface area contributed by atoms with Gasteiger partial charge in [0.25, 0.3) is 5.91 Å². The first kappa shape index (κ1) is 27.3. The molecular weight excluding hydrogens is 535 g/mol. The molecule has 1 aliphatic rings. The van der Waals surface area contributed by atoms with Crippen molar-refractivity contribution in [2.45, 2.75) is 25.7 Å². The van der Waals surface area contributed by atoms with E-state index in [9.17, 15) is 18.8 Å². The molecule has 5 rings (SSSR count). The monoisotopic (exact) mass is 560 g/mol. The third-order valence-corrected chi connectivity index (χ3v) is 7.47. The average molecular weight is 561 g/mol. The second kappa shape index (κ2) is 11.1. The quantitative estimate of drug-likeness (QED) is 0.243. The summed E-state index contributed by atoms with van der Waals surface area (Å²) in [5, 5.41) is 3.47. The summed E-state index contributed by atoms with van der Waals surface area (Å²) in [6, 6.07) is 15.8. The first-order chi connectivity index (χ1) is 19.2. The number of amides is 1. The second-order valence-electron chi connectivity index (χ2n) is 9.73. The lowest BCUT2D eigenvalue weighted by Crippen LogP contribution is -2.28. The average Bonchev–Trinajstić information content (AvgIpc) is 3.77. The van der Waals surface area contributed by atoms with Gasteiger partial charge in [-0.3, -0.25) is 19.4 Å². The minimum atomic E-state index is -0.991. The van der Waals surface area contributed by atoms with E-state index in [0.29, 0.717) is 57.7 Å². The van der Waals surface area contributed by atoms with Crippen LogP contribution in [0.5, 0.6) is 17.2 Å². The largest absolute Gasteiger partial charge is 0.496 e. The van der Waals surface area contributed by atoms with Gasteiger partial charge >= 0.3 is 0 Å². The van der Waals surface area contributed by atoms with Gasteiger partial charge in [-0.25, -0.2) is 4.39 Å². The highest BCUT2D eigenvalue weighted by Gasteiger charge is 2.54. The molecule has 1 heterocycles. The first-order valence-corrected chi connectivity index (χ1v) is 13.1. The highest BCUT2D eigenvalue weighted by Crippen LogP contribution is 2.49. The minimum Gasteiger partial charge on any atom is -0.496 e. The summed E-state index contributed by atoms with van der Waals surface area (Å²) < 4.78 is 24.7. The number of fused-ring (bicyclic) bond motifs is 1.